The quantitative estimate of drug-likeness (QED) is 0.375. The highest BCUT2D eigenvalue weighted by atomic mass is 16.6. The van der Waals surface area contributed by atoms with Crippen molar-refractivity contribution in [3.8, 4) is 0 Å². The van der Waals surface area contributed by atoms with Gasteiger partial charge in [0.25, 0.3) is 5.91 Å². The van der Waals surface area contributed by atoms with Gasteiger partial charge in [-0.15, -0.1) is 0 Å². The van der Waals surface area contributed by atoms with Gasteiger partial charge >= 0.3 is 0 Å². The van der Waals surface area contributed by atoms with E-state index in [0.29, 0.717) is 12.8 Å². The van der Waals surface area contributed by atoms with Gasteiger partial charge in [-0.1, -0.05) is 6.58 Å². The van der Waals surface area contributed by atoms with Gasteiger partial charge < -0.3 is 15.3 Å². The molecule has 2 aliphatic rings. The lowest BCUT2D eigenvalue weighted by Gasteiger charge is -2.25. The Morgan fingerprint density at radius 1 is 1.17 bits per heavy atom. The standard InChI is InChI=1S/C8H13NO3/c1-6-8(11,12)9(6)7(10)4-2-3-5-7/h10-12H,1-5H2. The Morgan fingerprint density at radius 3 is 1.92 bits per heavy atom. The van der Waals surface area contributed by atoms with Crippen LogP contribution in [0.3, 0.4) is 0 Å². The molecule has 1 saturated carbocycles. The van der Waals surface area contributed by atoms with Gasteiger partial charge in [0.15, 0.2) is 0 Å². The zero-order valence-electron chi connectivity index (χ0n) is 6.82. The third-order valence-corrected chi connectivity index (χ3v) is 2.74. The van der Waals surface area contributed by atoms with E-state index in [1.165, 1.54) is 4.90 Å². The van der Waals surface area contributed by atoms with E-state index in [4.69, 9.17) is 0 Å². The minimum absolute atomic E-state index is 0.201. The summed E-state index contributed by atoms with van der Waals surface area (Å²) in [5.74, 6) is -1.96. The van der Waals surface area contributed by atoms with E-state index in [0.717, 1.165) is 12.8 Å². The van der Waals surface area contributed by atoms with Crippen LogP contribution in [0.5, 0.6) is 0 Å². The van der Waals surface area contributed by atoms with Gasteiger partial charge in [0, 0.05) is 0 Å². The lowest BCUT2D eigenvalue weighted by atomic mass is 10.2. The highest BCUT2D eigenvalue weighted by molar-refractivity contribution is 5.27. The number of hydrogen-bond donors (Lipinski definition) is 3. The van der Waals surface area contributed by atoms with Gasteiger partial charge in [-0.05, 0) is 25.7 Å². The Bertz CT molecular complexity index is 230. The van der Waals surface area contributed by atoms with Crippen LogP contribution in [0.15, 0.2) is 12.3 Å². The first-order valence-electron chi connectivity index (χ1n) is 4.15. The van der Waals surface area contributed by atoms with Crippen LogP contribution in [-0.4, -0.2) is 31.9 Å². The van der Waals surface area contributed by atoms with Crippen molar-refractivity contribution in [2.75, 3.05) is 0 Å². The molecule has 0 atom stereocenters. The second kappa shape index (κ2) is 2.02. The normalized spacial score (nSPS) is 30.9. The average molecular weight is 171 g/mol. The predicted molar refractivity (Wildman–Crippen MR) is 41.6 cm³/mol. The van der Waals surface area contributed by atoms with Crippen molar-refractivity contribution in [2.45, 2.75) is 37.3 Å². The molecule has 1 heterocycles. The molecule has 0 radical (unpaired) electrons. The van der Waals surface area contributed by atoms with Crippen LogP contribution in [0.4, 0.5) is 0 Å². The molecule has 68 valence electrons. The molecule has 12 heavy (non-hydrogen) atoms. The maximum absolute atomic E-state index is 9.88. The van der Waals surface area contributed by atoms with Crippen LogP contribution < -0.4 is 0 Å². The first-order chi connectivity index (χ1) is 5.48. The molecule has 1 aliphatic heterocycles. The smallest absolute Gasteiger partial charge is 0.292 e. The zero-order chi connectivity index (χ0) is 8.98. The summed E-state index contributed by atoms with van der Waals surface area (Å²) in [6.45, 7) is 3.46. The summed E-state index contributed by atoms with van der Waals surface area (Å²) in [6.07, 6.45) is 3.04. The first-order valence-corrected chi connectivity index (χ1v) is 4.15. The van der Waals surface area contributed by atoms with Crippen molar-refractivity contribution in [3.63, 3.8) is 0 Å². The fourth-order valence-electron chi connectivity index (χ4n) is 1.98. The van der Waals surface area contributed by atoms with E-state index >= 15 is 0 Å². The van der Waals surface area contributed by atoms with E-state index in [1.807, 2.05) is 0 Å². The van der Waals surface area contributed by atoms with Crippen molar-refractivity contribution in [3.05, 3.63) is 12.3 Å². The second-order valence-corrected chi connectivity index (χ2v) is 3.61. The van der Waals surface area contributed by atoms with Gasteiger partial charge in [0.05, 0.1) is 5.70 Å². The minimum Gasteiger partial charge on any atom is -0.371 e. The number of hydrogen-bond acceptors (Lipinski definition) is 4. The third-order valence-electron chi connectivity index (χ3n) is 2.74. The van der Waals surface area contributed by atoms with Crippen molar-refractivity contribution < 1.29 is 15.3 Å². The molecule has 2 fully saturated rings. The van der Waals surface area contributed by atoms with E-state index in [-0.39, 0.29) is 5.70 Å². The van der Waals surface area contributed by atoms with Crippen molar-refractivity contribution >= 4 is 0 Å². The van der Waals surface area contributed by atoms with Crippen LogP contribution in [0.2, 0.25) is 0 Å². The molecule has 1 aliphatic carbocycles. The Labute approximate surface area is 70.7 Å². The van der Waals surface area contributed by atoms with Gasteiger partial charge in [-0.3, -0.25) is 4.90 Å². The van der Waals surface area contributed by atoms with Crippen molar-refractivity contribution in [1.29, 1.82) is 0 Å². The molecular weight excluding hydrogens is 158 g/mol. The fourth-order valence-corrected chi connectivity index (χ4v) is 1.98. The van der Waals surface area contributed by atoms with Crippen molar-refractivity contribution in [2.24, 2.45) is 0 Å². The van der Waals surface area contributed by atoms with Gasteiger partial charge in [0.2, 0.25) is 0 Å². The molecule has 4 heteroatoms. The van der Waals surface area contributed by atoms with Crippen LogP contribution in [-0.2, 0) is 0 Å². The molecule has 0 aromatic rings. The van der Waals surface area contributed by atoms with E-state index in [9.17, 15) is 15.3 Å². The highest BCUT2D eigenvalue weighted by Crippen LogP contribution is 2.50. The Kier molecular flexibility index (Phi) is 1.35. The maximum atomic E-state index is 9.88. The summed E-state index contributed by atoms with van der Waals surface area (Å²) >= 11 is 0. The van der Waals surface area contributed by atoms with Crippen LogP contribution in [0.1, 0.15) is 25.7 Å². The molecule has 0 spiro atoms. The molecule has 4 nitrogen and oxygen atoms in total. The molecule has 2 rings (SSSR count). The molecule has 1 saturated heterocycles. The lowest BCUT2D eigenvalue weighted by molar-refractivity contribution is -0.177. The van der Waals surface area contributed by atoms with Gasteiger partial charge in [-0.25, -0.2) is 0 Å². The van der Waals surface area contributed by atoms with Crippen LogP contribution in [0.25, 0.3) is 0 Å². The van der Waals surface area contributed by atoms with E-state index < -0.39 is 11.6 Å². The highest BCUT2D eigenvalue weighted by Gasteiger charge is 2.64. The minimum atomic E-state index is -1.96. The maximum Gasteiger partial charge on any atom is 0.292 e. The fraction of sp³-hybridized carbons (Fsp3) is 0.750. The largest absolute Gasteiger partial charge is 0.371 e. The molecule has 3 N–H and O–H groups in total. The third kappa shape index (κ3) is 0.827. The molecule has 0 amide bonds. The van der Waals surface area contributed by atoms with Gasteiger partial charge in [-0.2, -0.15) is 0 Å². The van der Waals surface area contributed by atoms with Crippen molar-refractivity contribution in [1.82, 2.24) is 4.90 Å². The molecule has 0 bridgehead atoms. The Morgan fingerprint density at radius 2 is 1.58 bits per heavy atom. The average Bonchev–Trinajstić information content (AvgIpc) is 2.38. The molecule has 0 unspecified atom stereocenters. The Hall–Kier alpha value is -0.580. The number of aliphatic hydroxyl groups is 3. The monoisotopic (exact) mass is 171 g/mol. The molecule has 0 aromatic heterocycles. The first kappa shape index (κ1) is 8.04. The summed E-state index contributed by atoms with van der Waals surface area (Å²) in [5, 5.41) is 28.3. The lowest BCUT2D eigenvalue weighted by Crippen LogP contribution is -2.38. The SMILES string of the molecule is C=C1N(C2(O)CCCC2)C1(O)O. The Balaban J connectivity index is 2.17. The summed E-state index contributed by atoms with van der Waals surface area (Å²) in [6, 6.07) is 0. The van der Waals surface area contributed by atoms with Crippen LogP contribution in [0, 0.1) is 0 Å². The second-order valence-electron chi connectivity index (χ2n) is 3.61. The topological polar surface area (TPSA) is 63.7 Å². The summed E-state index contributed by atoms with van der Waals surface area (Å²) in [7, 11) is 0. The van der Waals surface area contributed by atoms with E-state index in [1.54, 1.807) is 0 Å². The summed E-state index contributed by atoms with van der Waals surface area (Å²) < 4.78 is 0. The number of rotatable bonds is 1. The predicted octanol–water partition coefficient (Wildman–Crippen LogP) is -0.283. The molecular formula is C8H13NO3. The summed E-state index contributed by atoms with van der Waals surface area (Å²) in [5.41, 5.74) is -0.854. The van der Waals surface area contributed by atoms with Crippen LogP contribution >= 0.6 is 0 Å². The summed E-state index contributed by atoms with van der Waals surface area (Å²) in [4.78, 5) is 1.19. The number of nitrogens with zero attached hydrogens (tertiary/aromatic N) is 1. The van der Waals surface area contributed by atoms with E-state index in [2.05, 4.69) is 6.58 Å². The molecule has 0 aromatic carbocycles. The zero-order valence-corrected chi connectivity index (χ0v) is 6.82. The van der Waals surface area contributed by atoms with Gasteiger partial charge in [0.1, 0.15) is 5.72 Å².